The second-order valence-corrected chi connectivity index (χ2v) is 5.09. The molecule has 0 aliphatic carbocycles. The van der Waals surface area contributed by atoms with Crippen LogP contribution in [0.4, 0.5) is 0 Å². The first-order chi connectivity index (χ1) is 8.31. The van der Waals surface area contributed by atoms with E-state index in [2.05, 4.69) is 0 Å². The molecular weight excluding hydrogens is 218 g/mol. The van der Waals surface area contributed by atoms with E-state index in [9.17, 15) is 9.90 Å². The molecule has 1 amide bonds. The Morgan fingerprint density at radius 3 is 2.88 bits per heavy atom. The molecule has 0 aromatic carbocycles. The normalized spacial score (nSPS) is 29.6. The van der Waals surface area contributed by atoms with Gasteiger partial charge in [-0.25, -0.2) is 0 Å². The lowest BCUT2D eigenvalue weighted by Gasteiger charge is -2.26. The molecule has 0 aromatic rings. The van der Waals surface area contributed by atoms with Gasteiger partial charge in [-0.3, -0.25) is 4.79 Å². The number of hydrogen-bond donors (Lipinski definition) is 1. The molecule has 2 atom stereocenters. The summed E-state index contributed by atoms with van der Waals surface area (Å²) in [6, 6.07) is 0.0646. The summed E-state index contributed by atoms with van der Waals surface area (Å²) in [6.45, 7) is 1.77. The van der Waals surface area contributed by atoms with Crippen molar-refractivity contribution in [2.75, 3.05) is 19.8 Å². The maximum absolute atomic E-state index is 12.0. The monoisotopic (exact) mass is 241 g/mol. The summed E-state index contributed by atoms with van der Waals surface area (Å²) in [6.07, 6.45) is 7.14. The number of carbonyl (C=O) groups is 1. The molecule has 0 aromatic heterocycles. The van der Waals surface area contributed by atoms with Crippen LogP contribution >= 0.6 is 0 Å². The van der Waals surface area contributed by atoms with Crippen molar-refractivity contribution in [2.45, 2.75) is 57.1 Å². The minimum Gasteiger partial charge on any atom is -0.394 e. The fraction of sp³-hybridized carbons (Fsp3) is 0.923. The van der Waals surface area contributed by atoms with Crippen LogP contribution in [0.2, 0.25) is 0 Å². The highest BCUT2D eigenvalue weighted by atomic mass is 16.5. The molecule has 2 saturated heterocycles. The lowest BCUT2D eigenvalue weighted by Crippen LogP contribution is -2.38. The Kier molecular flexibility index (Phi) is 4.80. The third-order valence-corrected chi connectivity index (χ3v) is 3.86. The quantitative estimate of drug-likeness (QED) is 0.807. The van der Waals surface area contributed by atoms with Crippen LogP contribution in [0, 0.1) is 0 Å². The summed E-state index contributed by atoms with van der Waals surface area (Å²) in [7, 11) is 0. The number of ether oxygens (including phenoxy) is 1. The fourth-order valence-corrected chi connectivity index (χ4v) is 2.82. The SMILES string of the molecule is O=C(CCC1CCCCO1)N1CCC[C@@H]1CO. The number of likely N-dealkylation sites (tertiary alicyclic amines) is 1. The molecule has 1 unspecified atom stereocenters. The molecule has 4 nitrogen and oxygen atoms in total. The van der Waals surface area contributed by atoms with Gasteiger partial charge in [-0.2, -0.15) is 0 Å². The standard InChI is InChI=1S/C13H23NO3/c15-10-11-4-3-8-14(11)13(16)7-6-12-5-1-2-9-17-12/h11-12,15H,1-10H2/t11-,12?/m1/s1. The molecule has 98 valence electrons. The van der Waals surface area contributed by atoms with Gasteiger partial charge in [0.25, 0.3) is 0 Å². The second-order valence-electron chi connectivity index (χ2n) is 5.09. The van der Waals surface area contributed by atoms with Gasteiger partial charge in [0.2, 0.25) is 5.91 Å². The lowest BCUT2D eigenvalue weighted by atomic mass is 10.0. The van der Waals surface area contributed by atoms with Gasteiger partial charge in [0.1, 0.15) is 0 Å². The van der Waals surface area contributed by atoms with Gasteiger partial charge >= 0.3 is 0 Å². The molecule has 4 heteroatoms. The third-order valence-electron chi connectivity index (χ3n) is 3.86. The first-order valence-electron chi connectivity index (χ1n) is 6.83. The molecule has 2 heterocycles. The summed E-state index contributed by atoms with van der Waals surface area (Å²) in [4.78, 5) is 13.9. The largest absolute Gasteiger partial charge is 0.394 e. The molecule has 0 saturated carbocycles. The first kappa shape index (κ1) is 12.8. The number of nitrogens with zero attached hydrogens (tertiary/aromatic N) is 1. The van der Waals surface area contributed by atoms with Crippen LogP contribution in [0.3, 0.4) is 0 Å². The van der Waals surface area contributed by atoms with Gasteiger partial charge in [-0.1, -0.05) is 0 Å². The van der Waals surface area contributed by atoms with Gasteiger partial charge < -0.3 is 14.7 Å². The fourth-order valence-electron chi connectivity index (χ4n) is 2.82. The van der Waals surface area contributed by atoms with E-state index in [0.29, 0.717) is 6.42 Å². The number of rotatable bonds is 4. The Labute approximate surface area is 103 Å². The lowest BCUT2D eigenvalue weighted by molar-refractivity contribution is -0.133. The Hall–Kier alpha value is -0.610. The van der Waals surface area contributed by atoms with E-state index in [-0.39, 0.29) is 24.7 Å². The number of amides is 1. The number of carbonyl (C=O) groups excluding carboxylic acids is 1. The molecule has 2 fully saturated rings. The predicted molar refractivity (Wildman–Crippen MR) is 64.6 cm³/mol. The van der Waals surface area contributed by atoms with Crippen molar-refractivity contribution >= 4 is 5.91 Å². The molecule has 17 heavy (non-hydrogen) atoms. The zero-order valence-electron chi connectivity index (χ0n) is 10.4. The third kappa shape index (κ3) is 3.42. The molecular formula is C13H23NO3. The smallest absolute Gasteiger partial charge is 0.222 e. The predicted octanol–water partition coefficient (Wildman–Crippen LogP) is 1.32. The topological polar surface area (TPSA) is 49.8 Å². The number of aliphatic hydroxyl groups is 1. The van der Waals surface area contributed by atoms with Gasteiger partial charge in [-0.15, -0.1) is 0 Å². The summed E-state index contributed by atoms with van der Waals surface area (Å²) in [5, 5.41) is 9.18. The van der Waals surface area contributed by atoms with Crippen molar-refractivity contribution in [3.05, 3.63) is 0 Å². The first-order valence-corrected chi connectivity index (χ1v) is 6.83. The van der Waals surface area contributed by atoms with E-state index in [1.54, 1.807) is 0 Å². The van der Waals surface area contributed by atoms with E-state index >= 15 is 0 Å². The van der Waals surface area contributed by atoms with E-state index in [0.717, 1.165) is 45.3 Å². The second kappa shape index (κ2) is 6.36. The Balaban J connectivity index is 1.72. The van der Waals surface area contributed by atoms with Crippen molar-refractivity contribution < 1.29 is 14.6 Å². The maximum Gasteiger partial charge on any atom is 0.222 e. The Morgan fingerprint density at radius 1 is 1.29 bits per heavy atom. The molecule has 2 aliphatic heterocycles. The van der Waals surface area contributed by atoms with Crippen molar-refractivity contribution in [1.82, 2.24) is 4.90 Å². The van der Waals surface area contributed by atoms with E-state index in [1.165, 1.54) is 6.42 Å². The van der Waals surface area contributed by atoms with Crippen LogP contribution < -0.4 is 0 Å². The molecule has 0 bridgehead atoms. The zero-order chi connectivity index (χ0) is 12.1. The zero-order valence-corrected chi connectivity index (χ0v) is 10.4. The molecule has 1 N–H and O–H groups in total. The van der Waals surface area contributed by atoms with Gasteiger partial charge in [0.05, 0.1) is 18.8 Å². The van der Waals surface area contributed by atoms with Crippen LogP contribution in [0.5, 0.6) is 0 Å². The molecule has 0 spiro atoms. The van der Waals surface area contributed by atoms with Crippen LogP contribution in [0.25, 0.3) is 0 Å². The van der Waals surface area contributed by atoms with Gasteiger partial charge in [0.15, 0.2) is 0 Å². The van der Waals surface area contributed by atoms with Crippen molar-refractivity contribution in [2.24, 2.45) is 0 Å². The number of hydrogen-bond acceptors (Lipinski definition) is 3. The summed E-state index contributed by atoms with van der Waals surface area (Å²) in [5.41, 5.74) is 0. The van der Waals surface area contributed by atoms with E-state index < -0.39 is 0 Å². The van der Waals surface area contributed by atoms with Crippen LogP contribution in [-0.4, -0.2) is 47.8 Å². The highest BCUT2D eigenvalue weighted by Gasteiger charge is 2.28. The van der Waals surface area contributed by atoms with Crippen molar-refractivity contribution in [3.8, 4) is 0 Å². The van der Waals surface area contributed by atoms with Gasteiger partial charge in [-0.05, 0) is 38.5 Å². The molecule has 2 rings (SSSR count). The van der Waals surface area contributed by atoms with Crippen LogP contribution in [-0.2, 0) is 9.53 Å². The highest BCUT2D eigenvalue weighted by molar-refractivity contribution is 5.76. The van der Waals surface area contributed by atoms with Crippen molar-refractivity contribution in [3.63, 3.8) is 0 Å². The van der Waals surface area contributed by atoms with Crippen LogP contribution in [0.1, 0.15) is 44.9 Å². The Bertz CT molecular complexity index is 251. The van der Waals surface area contributed by atoms with E-state index in [4.69, 9.17) is 4.74 Å². The van der Waals surface area contributed by atoms with Crippen LogP contribution in [0.15, 0.2) is 0 Å². The van der Waals surface area contributed by atoms with Crippen molar-refractivity contribution in [1.29, 1.82) is 0 Å². The average molecular weight is 241 g/mol. The average Bonchev–Trinajstić information content (AvgIpc) is 2.85. The highest BCUT2D eigenvalue weighted by Crippen LogP contribution is 2.21. The Morgan fingerprint density at radius 2 is 2.18 bits per heavy atom. The van der Waals surface area contributed by atoms with Gasteiger partial charge in [0, 0.05) is 19.6 Å². The summed E-state index contributed by atoms with van der Waals surface area (Å²) < 4.78 is 5.62. The molecule has 0 radical (unpaired) electrons. The maximum atomic E-state index is 12.0. The summed E-state index contributed by atoms with van der Waals surface area (Å²) >= 11 is 0. The minimum atomic E-state index is 0.0646. The minimum absolute atomic E-state index is 0.0646. The molecule has 2 aliphatic rings. The van der Waals surface area contributed by atoms with E-state index in [1.807, 2.05) is 4.90 Å². The summed E-state index contributed by atoms with van der Waals surface area (Å²) in [5.74, 6) is 0.190. The number of aliphatic hydroxyl groups excluding tert-OH is 1.